The van der Waals surface area contributed by atoms with Gasteiger partial charge in [-0.1, -0.05) is 19.1 Å². The van der Waals surface area contributed by atoms with Gasteiger partial charge in [0.2, 0.25) is 0 Å². The number of carbonyl (C=O) groups is 1. The zero-order chi connectivity index (χ0) is 23.0. The van der Waals surface area contributed by atoms with E-state index in [1.165, 1.54) is 6.33 Å². The predicted molar refractivity (Wildman–Crippen MR) is 126 cm³/mol. The molecule has 0 aliphatic heterocycles. The fraction of sp³-hybridized carbons (Fsp3) is 0.200. The van der Waals surface area contributed by atoms with E-state index >= 15 is 0 Å². The largest absolute Gasteiger partial charge is 0.369 e. The van der Waals surface area contributed by atoms with E-state index in [1.54, 1.807) is 18.3 Å². The maximum absolute atomic E-state index is 12.1. The molecule has 1 amide bonds. The molecule has 4 aromatic rings. The molecule has 3 aromatic heterocycles. The zero-order valence-corrected chi connectivity index (χ0v) is 18.2. The number of hydrogen-bond donors (Lipinski definition) is 2. The number of pyridine rings is 2. The molecule has 8 nitrogen and oxygen atoms in total. The van der Waals surface area contributed by atoms with E-state index in [-0.39, 0.29) is 18.2 Å². The minimum Gasteiger partial charge on any atom is -0.369 e. The van der Waals surface area contributed by atoms with Gasteiger partial charge in [-0.25, -0.2) is 9.97 Å². The molecule has 0 radical (unpaired) electrons. The lowest BCUT2D eigenvalue weighted by molar-refractivity contribution is 0.0954. The van der Waals surface area contributed by atoms with Gasteiger partial charge in [-0.05, 0) is 35.9 Å². The number of aromatic nitrogens is 4. The van der Waals surface area contributed by atoms with Crippen LogP contribution >= 0.6 is 0 Å². The van der Waals surface area contributed by atoms with Crippen LogP contribution in [0.4, 0.5) is 5.82 Å². The second-order valence-electron chi connectivity index (χ2n) is 7.58. The van der Waals surface area contributed by atoms with Crippen molar-refractivity contribution in [1.82, 2.24) is 25.3 Å². The molecule has 1 atom stereocenters. The minimum atomic E-state index is -0.200. The van der Waals surface area contributed by atoms with Gasteiger partial charge >= 0.3 is 0 Å². The highest BCUT2D eigenvalue weighted by Gasteiger charge is 2.12. The van der Waals surface area contributed by atoms with Crippen LogP contribution in [0.25, 0.3) is 22.3 Å². The van der Waals surface area contributed by atoms with Crippen molar-refractivity contribution < 1.29 is 4.79 Å². The third-order valence-electron chi connectivity index (χ3n) is 5.28. The first-order valence-electron chi connectivity index (χ1n) is 10.7. The number of nitriles is 1. The quantitative estimate of drug-likeness (QED) is 0.401. The van der Waals surface area contributed by atoms with E-state index in [4.69, 9.17) is 5.26 Å². The number of anilines is 1. The van der Waals surface area contributed by atoms with Crippen LogP contribution in [0.15, 0.2) is 67.3 Å². The summed E-state index contributed by atoms with van der Waals surface area (Å²) < 4.78 is 0. The lowest BCUT2D eigenvalue weighted by Gasteiger charge is -2.15. The molecule has 0 saturated carbocycles. The van der Waals surface area contributed by atoms with Crippen molar-refractivity contribution in [1.29, 1.82) is 5.26 Å². The van der Waals surface area contributed by atoms with Gasteiger partial charge in [-0.3, -0.25) is 14.8 Å². The first-order valence-corrected chi connectivity index (χ1v) is 10.7. The summed E-state index contributed by atoms with van der Waals surface area (Å²) >= 11 is 0. The molecule has 1 unspecified atom stereocenters. The van der Waals surface area contributed by atoms with Gasteiger partial charge in [0.15, 0.2) is 0 Å². The van der Waals surface area contributed by atoms with Crippen LogP contribution in [0.5, 0.6) is 0 Å². The highest BCUT2D eigenvalue weighted by Crippen LogP contribution is 2.24. The Morgan fingerprint density at radius 1 is 1.06 bits per heavy atom. The summed E-state index contributed by atoms with van der Waals surface area (Å²) in [5, 5.41) is 14.7. The number of nitrogens with zero attached hydrogens (tertiary/aromatic N) is 5. The summed E-state index contributed by atoms with van der Waals surface area (Å²) in [6, 6.07) is 16.9. The highest BCUT2D eigenvalue weighted by molar-refractivity contribution is 5.94. The van der Waals surface area contributed by atoms with Gasteiger partial charge in [0.25, 0.3) is 5.91 Å². The SMILES string of the molecule is CC(CNc1cc(-c2ccc(C(=O)NCCC#N)cc2)ncn1)c1ccnc2cccnc12. The average molecular weight is 438 g/mol. The van der Waals surface area contributed by atoms with Gasteiger partial charge in [-0.2, -0.15) is 5.26 Å². The highest BCUT2D eigenvalue weighted by atomic mass is 16.1. The van der Waals surface area contributed by atoms with Crippen molar-refractivity contribution >= 4 is 22.8 Å². The van der Waals surface area contributed by atoms with Crippen LogP contribution in [0.3, 0.4) is 0 Å². The Kier molecular flexibility index (Phi) is 6.81. The maximum Gasteiger partial charge on any atom is 0.251 e. The molecule has 0 spiro atoms. The van der Waals surface area contributed by atoms with Gasteiger partial charge in [-0.15, -0.1) is 0 Å². The second kappa shape index (κ2) is 10.3. The Hall–Kier alpha value is -4.38. The predicted octanol–water partition coefficient (Wildman–Crippen LogP) is 3.95. The van der Waals surface area contributed by atoms with Gasteiger partial charge in [0.05, 0.1) is 29.2 Å². The van der Waals surface area contributed by atoms with Gasteiger partial charge in [0.1, 0.15) is 12.1 Å². The fourth-order valence-electron chi connectivity index (χ4n) is 3.50. The lowest BCUT2D eigenvalue weighted by Crippen LogP contribution is -2.24. The van der Waals surface area contributed by atoms with Crippen molar-refractivity contribution in [2.75, 3.05) is 18.4 Å². The van der Waals surface area contributed by atoms with Crippen LogP contribution in [0, 0.1) is 11.3 Å². The molecule has 0 aliphatic carbocycles. The Bertz CT molecular complexity index is 1290. The summed E-state index contributed by atoms with van der Waals surface area (Å²) in [5.41, 5.74) is 5.10. The van der Waals surface area contributed by atoms with E-state index in [2.05, 4.69) is 37.5 Å². The Morgan fingerprint density at radius 3 is 2.73 bits per heavy atom. The number of benzene rings is 1. The normalized spacial score (nSPS) is 11.5. The van der Waals surface area contributed by atoms with Crippen LogP contribution in [-0.2, 0) is 0 Å². The molecule has 1 aromatic carbocycles. The third-order valence-corrected chi connectivity index (χ3v) is 5.28. The third kappa shape index (κ3) is 5.28. The van der Waals surface area contributed by atoms with E-state index in [1.807, 2.05) is 48.7 Å². The van der Waals surface area contributed by atoms with Crippen molar-refractivity contribution in [3.63, 3.8) is 0 Å². The molecule has 0 saturated heterocycles. The number of amides is 1. The van der Waals surface area contributed by atoms with E-state index in [0.29, 0.717) is 18.7 Å². The molecular weight excluding hydrogens is 414 g/mol. The number of rotatable bonds is 8. The van der Waals surface area contributed by atoms with Crippen LogP contribution in [0.1, 0.15) is 35.2 Å². The standard InChI is InChI=1S/C25H23N7O/c1-17(20-9-13-27-21-4-2-11-28-24(20)21)15-30-23-14-22(31-16-32-23)18-5-7-19(8-6-18)25(33)29-12-3-10-26/h2,4-9,11,13-14,16-17H,3,12,15H2,1H3,(H,29,33)(H,30,31,32). The van der Waals surface area contributed by atoms with Crippen molar-refractivity contribution in [2.24, 2.45) is 0 Å². The molecule has 4 rings (SSSR count). The summed E-state index contributed by atoms with van der Waals surface area (Å²) in [6.45, 7) is 3.15. The van der Waals surface area contributed by atoms with Crippen LogP contribution in [-0.4, -0.2) is 38.9 Å². The Morgan fingerprint density at radius 2 is 1.91 bits per heavy atom. The van der Waals surface area contributed by atoms with E-state index in [0.717, 1.165) is 33.7 Å². The molecular formula is C25H23N7O. The second-order valence-corrected chi connectivity index (χ2v) is 7.58. The first kappa shape index (κ1) is 21.8. The topological polar surface area (TPSA) is 116 Å². The summed E-state index contributed by atoms with van der Waals surface area (Å²) in [4.78, 5) is 29.7. The zero-order valence-electron chi connectivity index (χ0n) is 18.2. The fourth-order valence-corrected chi connectivity index (χ4v) is 3.50. The van der Waals surface area contributed by atoms with Crippen molar-refractivity contribution in [2.45, 2.75) is 19.3 Å². The van der Waals surface area contributed by atoms with Gasteiger partial charge in [0, 0.05) is 48.6 Å². The smallest absolute Gasteiger partial charge is 0.251 e. The molecule has 33 heavy (non-hydrogen) atoms. The minimum absolute atomic E-state index is 0.197. The number of fused-ring (bicyclic) bond motifs is 1. The van der Waals surface area contributed by atoms with Crippen LogP contribution in [0.2, 0.25) is 0 Å². The van der Waals surface area contributed by atoms with Crippen molar-refractivity contribution in [3.8, 4) is 17.3 Å². The first-order chi connectivity index (χ1) is 16.2. The number of hydrogen-bond acceptors (Lipinski definition) is 7. The summed E-state index contributed by atoms with van der Waals surface area (Å²) in [7, 11) is 0. The monoisotopic (exact) mass is 437 g/mol. The average Bonchev–Trinajstić information content (AvgIpc) is 2.87. The molecule has 2 N–H and O–H groups in total. The summed E-state index contributed by atoms with van der Waals surface area (Å²) in [6.07, 6.45) is 5.40. The molecule has 3 heterocycles. The number of nitrogens with one attached hydrogen (secondary N) is 2. The van der Waals surface area contributed by atoms with Crippen LogP contribution < -0.4 is 10.6 Å². The Balaban J connectivity index is 1.43. The molecule has 0 aliphatic rings. The van der Waals surface area contributed by atoms with E-state index in [9.17, 15) is 4.79 Å². The lowest BCUT2D eigenvalue weighted by atomic mass is 10.0. The van der Waals surface area contributed by atoms with E-state index < -0.39 is 0 Å². The molecule has 8 heteroatoms. The number of carbonyl (C=O) groups excluding carboxylic acids is 1. The molecule has 164 valence electrons. The Labute approximate surface area is 191 Å². The van der Waals surface area contributed by atoms with Gasteiger partial charge < -0.3 is 10.6 Å². The molecule has 0 fully saturated rings. The summed E-state index contributed by atoms with van der Waals surface area (Å²) in [5.74, 6) is 0.716. The molecule has 0 bridgehead atoms. The maximum atomic E-state index is 12.1. The van der Waals surface area contributed by atoms with Crippen molar-refractivity contribution in [3.05, 3.63) is 78.4 Å².